The number of amides is 1. The smallest absolute Gasteiger partial charge is 0.225 e. The third-order valence-electron chi connectivity index (χ3n) is 2.25. The van der Waals surface area contributed by atoms with Crippen LogP contribution >= 0.6 is 0 Å². The quantitative estimate of drug-likeness (QED) is 0.836. The number of hydrogen-bond acceptors (Lipinski definition) is 3. The lowest BCUT2D eigenvalue weighted by Gasteiger charge is -2.10. The Morgan fingerprint density at radius 1 is 1.65 bits per heavy atom. The second kappa shape index (κ2) is 5.41. The lowest BCUT2D eigenvalue weighted by molar-refractivity contribution is -0.116. The molecule has 1 aromatic carbocycles. The minimum atomic E-state index is -0.514. The van der Waals surface area contributed by atoms with Gasteiger partial charge in [0.25, 0.3) is 0 Å². The molecule has 4 nitrogen and oxygen atoms in total. The molecule has 0 aliphatic carbocycles. The summed E-state index contributed by atoms with van der Waals surface area (Å²) in [7, 11) is 0. The van der Waals surface area contributed by atoms with Gasteiger partial charge in [0.1, 0.15) is 5.82 Å². The van der Waals surface area contributed by atoms with Gasteiger partial charge in [0.05, 0.1) is 11.6 Å². The van der Waals surface area contributed by atoms with Crippen LogP contribution in [0.4, 0.5) is 10.1 Å². The van der Waals surface area contributed by atoms with E-state index in [0.717, 1.165) is 6.07 Å². The third-order valence-corrected chi connectivity index (χ3v) is 2.25. The van der Waals surface area contributed by atoms with Crippen molar-refractivity contribution in [3.63, 3.8) is 0 Å². The second-order valence-electron chi connectivity index (χ2n) is 3.97. The Kier molecular flexibility index (Phi) is 4.18. The van der Waals surface area contributed by atoms with E-state index in [-0.39, 0.29) is 23.9 Å². The fraction of sp³-hybridized carbons (Fsp3) is 0.333. The molecular weight excluding hydrogens is 221 g/mol. The predicted octanol–water partition coefficient (Wildman–Crippen LogP) is 1.68. The first-order valence-corrected chi connectivity index (χ1v) is 5.19. The Morgan fingerprint density at radius 2 is 2.29 bits per heavy atom. The van der Waals surface area contributed by atoms with E-state index < -0.39 is 5.82 Å². The van der Waals surface area contributed by atoms with Crippen molar-refractivity contribution >= 4 is 11.6 Å². The predicted molar refractivity (Wildman–Crippen MR) is 62.7 cm³/mol. The van der Waals surface area contributed by atoms with E-state index in [0.29, 0.717) is 11.3 Å². The van der Waals surface area contributed by atoms with Crippen LogP contribution in [0.1, 0.15) is 24.5 Å². The molecule has 3 N–H and O–H groups in total. The molecule has 0 saturated heterocycles. The molecule has 0 bridgehead atoms. The SMILES string of the molecule is Cc1c(F)cc(C#N)cc1NC(=O)CC(C)N. The van der Waals surface area contributed by atoms with Crippen LogP contribution in [-0.2, 0) is 4.79 Å². The molecular formula is C12H14FN3O. The van der Waals surface area contributed by atoms with E-state index >= 15 is 0 Å². The second-order valence-corrected chi connectivity index (χ2v) is 3.97. The van der Waals surface area contributed by atoms with Crippen molar-refractivity contribution in [1.29, 1.82) is 5.26 Å². The lowest BCUT2D eigenvalue weighted by Crippen LogP contribution is -2.24. The molecule has 0 heterocycles. The van der Waals surface area contributed by atoms with Crippen LogP contribution in [0.3, 0.4) is 0 Å². The third kappa shape index (κ3) is 3.54. The molecule has 0 aliphatic heterocycles. The number of nitrogens with zero attached hydrogens (tertiary/aromatic N) is 1. The van der Waals surface area contributed by atoms with Gasteiger partial charge < -0.3 is 11.1 Å². The van der Waals surface area contributed by atoms with E-state index in [4.69, 9.17) is 11.0 Å². The Hall–Kier alpha value is -1.93. The summed E-state index contributed by atoms with van der Waals surface area (Å²) in [6.07, 6.45) is 0.151. The fourth-order valence-corrected chi connectivity index (χ4v) is 1.37. The van der Waals surface area contributed by atoms with Gasteiger partial charge >= 0.3 is 0 Å². The highest BCUT2D eigenvalue weighted by molar-refractivity contribution is 5.92. The number of benzene rings is 1. The minimum absolute atomic E-state index is 0.151. The number of nitriles is 1. The van der Waals surface area contributed by atoms with Crippen molar-refractivity contribution in [3.8, 4) is 6.07 Å². The highest BCUT2D eigenvalue weighted by atomic mass is 19.1. The van der Waals surface area contributed by atoms with E-state index in [1.807, 2.05) is 6.07 Å². The molecule has 90 valence electrons. The maximum absolute atomic E-state index is 13.4. The van der Waals surface area contributed by atoms with Crippen LogP contribution in [0.25, 0.3) is 0 Å². The zero-order valence-corrected chi connectivity index (χ0v) is 9.75. The van der Waals surface area contributed by atoms with Crippen LogP contribution in [0, 0.1) is 24.1 Å². The topological polar surface area (TPSA) is 78.9 Å². The molecule has 0 spiro atoms. The first kappa shape index (κ1) is 13.1. The van der Waals surface area contributed by atoms with Crippen molar-refractivity contribution in [1.82, 2.24) is 0 Å². The molecule has 0 aliphatic rings. The van der Waals surface area contributed by atoms with Crippen molar-refractivity contribution in [2.75, 3.05) is 5.32 Å². The van der Waals surface area contributed by atoms with Gasteiger partial charge in [-0.15, -0.1) is 0 Å². The van der Waals surface area contributed by atoms with Crippen molar-refractivity contribution in [3.05, 3.63) is 29.1 Å². The first-order valence-electron chi connectivity index (χ1n) is 5.19. The lowest BCUT2D eigenvalue weighted by atomic mass is 10.1. The van der Waals surface area contributed by atoms with Crippen LogP contribution in [0.2, 0.25) is 0 Å². The number of rotatable bonds is 3. The number of carbonyl (C=O) groups excluding carboxylic acids is 1. The number of carbonyl (C=O) groups is 1. The molecule has 1 rings (SSSR count). The Bertz CT molecular complexity index is 477. The van der Waals surface area contributed by atoms with Crippen LogP contribution < -0.4 is 11.1 Å². The molecule has 0 saturated carbocycles. The maximum Gasteiger partial charge on any atom is 0.225 e. The Balaban J connectivity index is 2.95. The normalized spacial score (nSPS) is 11.7. The van der Waals surface area contributed by atoms with Gasteiger partial charge in [-0.05, 0) is 26.0 Å². The maximum atomic E-state index is 13.4. The molecule has 1 aromatic rings. The summed E-state index contributed by atoms with van der Waals surface area (Å²) < 4.78 is 13.4. The Morgan fingerprint density at radius 3 is 2.82 bits per heavy atom. The van der Waals surface area contributed by atoms with Gasteiger partial charge in [-0.2, -0.15) is 5.26 Å². The number of anilines is 1. The molecule has 17 heavy (non-hydrogen) atoms. The molecule has 0 aromatic heterocycles. The average Bonchev–Trinajstić information content (AvgIpc) is 2.23. The fourth-order valence-electron chi connectivity index (χ4n) is 1.37. The van der Waals surface area contributed by atoms with Gasteiger partial charge in [-0.25, -0.2) is 4.39 Å². The van der Waals surface area contributed by atoms with E-state index in [1.54, 1.807) is 6.92 Å². The Labute approximate surface area is 99.2 Å². The van der Waals surface area contributed by atoms with E-state index in [9.17, 15) is 9.18 Å². The average molecular weight is 235 g/mol. The number of nitrogens with two attached hydrogens (primary N) is 1. The largest absolute Gasteiger partial charge is 0.327 e. The standard InChI is InChI=1S/C12H14FN3O/c1-7(15)3-12(17)16-11-5-9(6-14)4-10(13)8(11)2/h4-5,7H,3,15H2,1-2H3,(H,16,17). The molecule has 0 fully saturated rings. The highest BCUT2D eigenvalue weighted by Gasteiger charge is 2.11. The number of hydrogen-bond donors (Lipinski definition) is 2. The molecule has 0 radical (unpaired) electrons. The van der Waals surface area contributed by atoms with Crippen molar-refractivity contribution in [2.45, 2.75) is 26.3 Å². The summed E-state index contributed by atoms with van der Waals surface area (Å²) in [6, 6.07) is 4.15. The number of nitrogens with one attached hydrogen (secondary N) is 1. The van der Waals surface area contributed by atoms with Gasteiger partial charge in [0, 0.05) is 23.7 Å². The van der Waals surface area contributed by atoms with E-state index in [1.165, 1.54) is 13.0 Å². The minimum Gasteiger partial charge on any atom is -0.327 e. The van der Waals surface area contributed by atoms with Crippen molar-refractivity contribution < 1.29 is 9.18 Å². The number of halogens is 1. The molecule has 5 heteroatoms. The van der Waals surface area contributed by atoms with E-state index in [2.05, 4.69) is 5.32 Å². The van der Waals surface area contributed by atoms with Crippen LogP contribution in [-0.4, -0.2) is 11.9 Å². The monoisotopic (exact) mass is 235 g/mol. The first-order chi connectivity index (χ1) is 7.93. The summed E-state index contributed by atoms with van der Waals surface area (Å²) in [5.74, 6) is -0.808. The highest BCUT2D eigenvalue weighted by Crippen LogP contribution is 2.20. The summed E-state index contributed by atoms with van der Waals surface area (Å²) >= 11 is 0. The summed E-state index contributed by atoms with van der Waals surface area (Å²) in [5.41, 5.74) is 6.27. The summed E-state index contributed by atoms with van der Waals surface area (Å²) in [6.45, 7) is 3.25. The summed E-state index contributed by atoms with van der Waals surface area (Å²) in [5, 5.41) is 11.3. The molecule has 1 unspecified atom stereocenters. The van der Waals surface area contributed by atoms with Gasteiger partial charge in [0.2, 0.25) is 5.91 Å². The van der Waals surface area contributed by atoms with Crippen LogP contribution in [0.15, 0.2) is 12.1 Å². The van der Waals surface area contributed by atoms with Gasteiger partial charge in [0.15, 0.2) is 0 Å². The van der Waals surface area contributed by atoms with Crippen molar-refractivity contribution in [2.24, 2.45) is 5.73 Å². The van der Waals surface area contributed by atoms with Gasteiger partial charge in [-0.3, -0.25) is 4.79 Å². The van der Waals surface area contributed by atoms with Crippen LogP contribution in [0.5, 0.6) is 0 Å². The zero-order valence-electron chi connectivity index (χ0n) is 9.75. The van der Waals surface area contributed by atoms with Gasteiger partial charge in [-0.1, -0.05) is 0 Å². The molecule has 1 atom stereocenters. The summed E-state index contributed by atoms with van der Waals surface area (Å²) in [4.78, 5) is 11.5. The molecule has 1 amide bonds. The zero-order chi connectivity index (χ0) is 13.0.